The van der Waals surface area contributed by atoms with Crippen LogP contribution in [0.15, 0.2) is 6.07 Å². The Labute approximate surface area is 105 Å². The third kappa shape index (κ3) is 2.74. The summed E-state index contributed by atoms with van der Waals surface area (Å²) < 4.78 is 2.28. The minimum atomic E-state index is 0.369. The maximum atomic E-state index is 3.78. The summed E-state index contributed by atoms with van der Waals surface area (Å²) in [6, 6.07) is 2.31. The number of aromatic nitrogens is 1. The predicted octanol–water partition coefficient (Wildman–Crippen LogP) is 3.45. The van der Waals surface area contributed by atoms with Gasteiger partial charge in [0.15, 0.2) is 0 Å². The fourth-order valence-electron chi connectivity index (χ4n) is 2.93. The zero-order valence-corrected chi connectivity index (χ0v) is 11.8. The van der Waals surface area contributed by atoms with Crippen LogP contribution in [0.3, 0.4) is 0 Å². The molecule has 1 fully saturated rings. The van der Waals surface area contributed by atoms with Gasteiger partial charge in [0.25, 0.3) is 0 Å². The van der Waals surface area contributed by atoms with Crippen LogP contribution >= 0.6 is 0 Å². The Morgan fingerprint density at radius 1 is 1.24 bits per heavy atom. The standard InChI is InChI=1S/C15H26N2/c1-12-10-14(13(2)17(12)4)11-16-15(3)8-6-5-7-9-15/h10,16H,5-9,11H2,1-4H3. The summed E-state index contributed by atoms with van der Waals surface area (Å²) in [4.78, 5) is 0. The highest BCUT2D eigenvalue weighted by Gasteiger charge is 2.26. The highest BCUT2D eigenvalue weighted by atomic mass is 15.0. The predicted molar refractivity (Wildman–Crippen MR) is 73.2 cm³/mol. The molecule has 0 bridgehead atoms. The number of hydrogen-bond acceptors (Lipinski definition) is 1. The van der Waals surface area contributed by atoms with Crippen molar-refractivity contribution in [2.45, 2.75) is 65.0 Å². The van der Waals surface area contributed by atoms with Crippen molar-refractivity contribution in [1.82, 2.24) is 9.88 Å². The molecule has 1 aromatic rings. The molecular weight excluding hydrogens is 208 g/mol. The van der Waals surface area contributed by atoms with Crippen LogP contribution in [0.1, 0.15) is 56.0 Å². The Kier molecular flexibility index (Phi) is 3.62. The molecule has 17 heavy (non-hydrogen) atoms. The molecule has 0 aromatic carbocycles. The van der Waals surface area contributed by atoms with E-state index in [1.807, 2.05) is 0 Å². The molecule has 1 aromatic heterocycles. The van der Waals surface area contributed by atoms with Crippen LogP contribution in [0.25, 0.3) is 0 Å². The van der Waals surface area contributed by atoms with Crippen molar-refractivity contribution in [1.29, 1.82) is 0 Å². The first-order valence-corrected chi connectivity index (χ1v) is 6.89. The molecule has 0 spiro atoms. The van der Waals surface area contributed by atoms with Gasteiger partial charge in [0.05, 0.1) is 0 Å². The normalized spacial score (nSPS) is 19.5. The van der Waals surface area contributed by atoms with Crippen LogP contribution < -0.4 is 5.32 Å². The van der Waals surface area contributed by atoms with Crippen LogP contribution in [0, 0.1) is 13.8 Å². The molecule has 2 heteroatoms. The molecule has 0 radical (unpaired) electrons. The summed E-state index contributed by atoms with van der Waals surface area (Å²) in [6.45, 7) is 7.80. The highest BCUT2D eigenvalue weighted by molar-refractivity contribution is 5.26. The van der Waals surface area contributed by atoms with Gasteiger partial charge in [0.2, 0.25) is 0 Å². The van der Waals surface area contributed by atoms with E-state index in [1.165, 1.54) is 49.1 Å². The number of nitrogens with zero attached hydrogens (tertiary/aromatic N) is 1. The fourth-order valence-corrected chi connectivity index (χ4v) is 2.93. The van der Waals surface area contributed by atoms with Gasteiger partial charge in [-0.3, -0.25) is 0 Å². The molecule has 1 aliphatic rings. The second-order valence-corrected chi connectivity index (χ2v) is 5.93. The Hall–Kier alpha value is -0.760. The summed E-state index contributed by atoms with van der Waals surface area (Å²) >= 11 is 0. The molecule has 1 saturated carbocycles. The second kappa shape index (κ2) is 4.85. The van der Waals surface area contributed by atoms with Gasteiger partial charge < -0.3 is 9.88 Å². The first-order chi connectivity index (χ1) is 8.02. The quantitative estimate of drug-likeness (QED) is 0.847. The van der Waals surface area contributed by atoms with E-state index >= 15 is 0 Å². The Balaban J connectivity index is 1.99. The maximum Gasteiger partial charge on any atom is 0.0228 e. The zero-order chi connectivity index (χ0) is 12.5. The minimum absolute atomic E-state index is 0.369. The first-order valence-electron chi connectivity index (χ1n) is 6.89. The van der Waals surface area contributed by atoms with Crippen molar-refractivity contribution in [2.24, 2.45) is 7.05 Å². The van der Waals surface area contributed by atoms with Crippen molar-refractivity contribution in [2.75, 3.05) is 0 Å². The molecule has 2 nitrogen and oxygen atoms in total. The second-order valence-electron chi connectivity index (χ2n) is 5.93. The van der Waals surface area contributed by atoms with Gasteiger partial charge in [-0.2, -0.15) is 0 Å². The fraction of sp³-hybridized carbons (Fsp3) is 0.733. The van der Waals surface area contributed by atoms with Gasteiger partial charge in [0.1, 0.15) is 0 Å². The van der Waals surface area contributed by atoms with E-state index in [9.17, 15) is 0 Å². The topological polar surface area (TPSA) is 17.0 Å². The molecular formula is C15H26N2. The lowest BCUT2D eigenvalue weighted by Gasteiger charge is -2.34. The highest BCUT2D eigenvalue weighted by Crippen LogP contribution is 2.28. The van der Waals surface area contributed by atoms with E-state index in [2.05, 4.69) is 43.8 Å². The van der Waals surface area contributed by atoms with E-state index in [0.717, 1.165) is 6.54 Å². The molecule has 0 aliphatic heterocycles. The lowest BCUT2D eigenvalue weighted by Crippen LogP contribution is -2.43. The van der Waals surface area contributed by atoms with Crippen molar-refractivity contribution in [3.63, 3.8) is 0 Å². The molecule has 0 saturated heterocycles. The third-order valence-corrected chi connectivity index (χ3v) is 4.54. The third-order valence-electron chi connectivity index (χ3n) is 4.54. The minimum Gasteiger partial charge on any atom is -0.352 e. The zero-order valence-electron chi connectivity index (χ0n) is 11.8. The van der Waals surface area contributed by atoms with Crippen LogP contribution in [0.2, 0.25) is 0 Å². The molecule has 1 aliphatic carbocycles. The first kappa shape index (κ1) is 12.7. The van der Waals surface area contributed by atoms with Crippen molar-refractivity contribution in [3.05, 3.63) is 23.0 Å². The monoisotopic (exact) mass is 234 g/mol. The molecule has 1 N–H and O–H groups in total. The SMILES string of the molecule is Cc1cc(CNC2(C)CCCCC2)c(C)n1C. The van der Waals surface area contributed by atoms with Gasteiger partial charge in [-0.1, -0.05) is 19.3 Å². The number of hydrogen-bond donors (Lipinski definition) is 1. The van der Waals surface area contributed by atoms with Crippen molar-refractivity contribution < 1.29 is 0 Å². The van der Waals surface area contributed by atoms with E-state index in [0.29, 0.717) is 5.54 Å². The molecule has 0 unspecified atom stereocenters. The van der Waals surface area contributed by atoms with E-state index in [1.54, 1.807) is 0 Å². The smallest absolute Gasteiger partial charge is 0.0228 e. The molecule has 2 rings (SSSR count). The number of aryl methyl sites for hydroxylation is 1. The Morgan fingerprint density at radius 3 is 2.41 bits per heavy atom. The molecule has 0 atom stereocenters. The maximum absolute atomic E-state index is 3.78. The van der Waals surface area contributed by atoms with Crippen LogP contribution in [0.5, 0.6) is 0 Å². The van der Waals surface area contributed by atoms with Crippen LogP contribution in [-0.4, -0.2) is 10.1 Å². The molecule has 0 amide bonds. The number of rotatable bonds is 3. The summed E-state index contributed by atoms with van der Waals surface area (Å²) in [6.07, 6.45) is 6.85. The Bertz CT molecular complexity index is 384. The van der Waals surface area contributed by atoms with Gasteiger partial charge in [-0.15, -0.1) is 0 Å². The molecule has 96 valence electrons. The van der Waals surface area contributed by atoms with Gasteiger partial charge >= 0.3 is 0 Å². The van der Waals surface area contributed by atoms with Crippen molar-refractivity contribution >= 4 is 0 Å². The van der Waals surface area contributed by atoms with E-state index < -0.39 is 0 Å². The average molecular weight is 234 g/mol. The largest absolute Gasteiger partial charge is 0.352 e. The summed E-state index contributed by atoms with van der Waals surface area (Å²) in [5.74, 6) is 0. The Morgan fingerprint density at radius 2 is 1.88 bits per heavy atom. The van der Waals surface area contributed by atoms with Gasteiger partial charge in [0, 0.05) is 30.5 Å². The van der Waals surface area contributed by atoms with Crippen LogP contribution in [0.4, 0.5) is 0 Å². The lowest BCUT2D eigenvalue weighted by molar-refractivity contribution is 0.252. The van der Waals surface area contributed by atoms with Gasteiger partial charge in [-0.05, 0) is 45.2 Å². The van der Waals surface area contributed by atoms with Crippen LogP contribution in [-0.2, 0) is 13.6 Å². The summed E-state index contributed by atoms with van der Waals surface area (Å²) in [5.41, 5.74) is 4.58. The average Bonchev–Trinajstić information content (AvgIpc) is 2.55. The van der Waals surface area contributed by atoms with Gasteiger partial charge in [-0.25, -0.2) is 0 Å². The summed E-state index contributed by atoms with van der Waals surface area (Å²) in [5, 5.41) is 3.78. The van der Waals surface area contributed by atoms with Crippen molar-refractivity contribution in [3.8, 4) is 0 Å². The van der Waals surface area contributed by atoms with E-state index in [-0.39, 0.29) is 0 Å². The summed E-state index contributed by atoms with van der Waals surface area (Å²) in [7, 11) is 2.15. The number of nitrogens with one attached hydrogen (secondary N) is 1. The lowest BCUT2D eigenvalue weighted by atomic mass is 9.83. The molecule has 1 heterocycles. The van der Waals surface area contributed by atoms with E-state index in [4.69, 9.17) is 0 Å².